The molecule has 9 nitrogen and oxygen atoms in total. The second-order valence-corrected chi connectivity index (χ2v) is 13.8. The Morgan fingerprint density at radius 1 is 1.04 bits per heavy atom. The minimum absolute atomic E-state index is 0.111. The highest BCUT2D eigenvalue weighted by atomic mass is 16.5. The van der Waals surface area contributed by atoms with Crippen molar-refractivity contribution >= 4 is 29.1 Å². The number of rotatable bonds is 14. The van der Waals surface area contributed by atoms with Crippen LogP contribution in [0.3, 0.4) is 0 Å². The van der Waals surface area contributed by atoms with Crippen LogP contribution < -0.4 is 14.5 Å². The molecule has 7 atom stereocenters. The van der Waals surface area contributed by atoms with Crippen molar-refractivity contribution < 1.29 is 29.0 Å². The number of amides is 3. The van der Waals surface area contributed by atoms with E-state index >= 15 is 4.79 Å². The first kappa shape index (κ1) is 35.4. The number of anilines is 2. The first-order valence-corrected chi connectivity index (χ1v) is 17.2. The van der Waals surface area contributed by atoms with Gasteiger partial charge in [0.2, 0.25) is 11.8 Å². The third-order valence-electron chi connectivity index (χ3n) is 10.9. The topological polar surface area (TPSA) is 99.6 Å². The van der Waals surface area contributed by atoms with E-state index in [2.05, 4.69) is 13.2 Å². The van der Waals surface area contributed by atoms with Crippen LogP contribution in [0, 0.1) is 31.6 Å². The number of hydrogen-bond donors (Lipinski definition) is 1. The summed E-state index contributed by atoms with van der Waals surface area (Å²) in [4.78, 5) is 49.9. The Bertz CT molecular complexity index is 1540. The third-order valence-corrected chi connectivity index (χ3v) is 10.9. The van der Waals surface area contributed by atoms with Gasteiger partial charge in [-0.25, -0.2) is 0 Å². The summed E-state index contributed by atoms with van der Waals surface area (Å²) in [5.41, 5.74) is 1.03. The molecule has 3 saturated heterocycles. The number of nitrogens with zero attached hydrogens (tertiary/aromatic N) is 3. The van der Waals surface area contributed by atoms with Crippen LogP contribution in [0.25, 0.3) is 0 Å². The highest BCUT2D eigenvalue weighted by Gasteiger charge is 2.79. The fourth-order valence-electron chi connectivity index (χ4n) is 8.50. The fourth-order valence-corrected chi connectivity index (χ4v) is 8.50. The lowest BCUT2D eigenvalue weighted by Gasteiger charge is -2.41. The van der Waals surface area contributed by atoms with Crippen LogP contribution in [0.1, 0.15) is 58.1 Å². The molecule has 3 heterocycles. The van der Waals surface area contributed by atoms with Crippen molar-refractivity contribution in [1.29, 1.82) is 0 Å². The molecule has 2 unspecified atom stereocenters. The normalized spacial score (nSPS) is 26.9. The first-order chi connectivity index (χ1) is 22.9. The molecule has 0 saturated carbocycles. The molecule has 2 aromatic rings. The molecule has 3 amide bonds. The molecular formula is C39H51N3O6. The molecule has 1 spiro atoms. The van der Waals surface area contributed by atoms with Gasteiger partial charge in [0, 0.05) is 24.5 Å². The van der Waals surface area contributed by atoms with E-state index in [0.29, 0.717) is 37.3 Å². The Labute approximate surface area is 285 Å². The number of carbonyl (C=O) groups excluding carboxylic acids is 3. The van der Waals surface area contributed by atoms with E-state index in [1.807, 2.05) is 84.0 Å². The molecule has 0 aromatic heterocycles. The second-order valence-electron chi connectivity index (χ2n) is 13.8. The van der Waals surface area contributed by atoms with Crippen LogP contribution in [0.5, 0.6) is 5.75 Å². The first-order valence-electron chi connectivity index (χ1n) is 17.2. The van der Waals surface area contributed by atoms with Crippen molar-refractivity contribution in [3.05, 3.63) is 78.9 Å². The van der Waals surface area contributed by atoms with Crippen molar-refractivity contribution in [3.8, 4) is 5.75 Å². The highest BCUT2D eigenvalue weighted by Crippen LogP contribution is 2.64. The Hall–Kier alpha value is -3.95. The van der Waals surface area contributed by atoms with E-state index in [-0.39, 0.29) is 43.3 Å². The molecule has 5 rings (SSSR count). The van der Waals surface area contributed by atoms with Gasteiger partial charge in [-0.3, -0.25) is 14.4 Å². The van der Waals surface area contributed by atoms with E-state index < -0.39 is 35.1 Å². The van der Waals surface area contributed by atoms with Crippen molar-refractivity contribution in [2.45, 2.75) is 84.1 Å². The van der Waals surface area contributed by atoms with Crippen LogP contribution in [0.15, 0.2) is 67.8 Å². The van der Waals surface area contributed by atoms with Gasteiger partial charge in [0.15, 0.2) is 0 Å². The zero-order valence-electron chi connectivity index (χ0n) is 29.3. The van der Waals surface area contributed by atoms with E-state index in [1.54, 1.807) is 26.9 Å². The van der Waals surface area contributed by atoms with E-state index in [0.717, 1.165) is 16.8 Å². The second kappa shape index (κ2) is 13.9. The van der Waals surface area contributed by atoms with Gasteiger partial charge in [-0.15, -0.1) is 13.2 Å². The smallest absolute Gasteiger partial charge is 0.253 e. The lowest BCUT2D eigenvalue weighted by molar-refractivity contribution is -0.149. The standard InChI is InChI=1S/C39H51N3O6/c1-9-22-40(28-16-18-29(19-17-28)47-12-4)35(44)31-32-36(45)42(30(24-43)25(5)11-3)34(39(32)21-20-38(31,8)48-39)37(46)41(23-10-2)33-26(6)14-13-15-27(33)7/h9-10,13-19,25,30-32,34,43H,1-2,11-12,20-24H2,3-8H3/t25-,30-,31+,32-,34?,38-,39?/m0/s1. The fraction of sp³-hybridized carbons (Fsp3) is 0.513. The molecule has 3 fully saturated rings. The van der Waals surface area contributed by atoms with Crippen molar-refractivity contribution in [1.82, 2.24) is 4.90 Å². The van der Waals surface area contributed by atoms with Gasteiger partial charge >= 0.3 is 0 Å². The molecule has 48 heavy (non-hydrogen) atoms. The van der Waals surface area contributed by atoms with Crippen molar-refractivity contribution in [3.63, 3.8) is 0 Å². The molecule has 1 N–H and O–H groups in total. The van der Waals surface area contributed by atoms with Gasteiger partial charge in [0.05, 0.1) is 36.7 Å². The summed E-state index contributed by atoms with van der Waals surface area (Å²) in [5.74, 6) is -2.05. The molecule has 9 heteroatoms. The summed E-state index contributed by atoms with van der Waals surface area (Å²) in [6, 6.07) is 11.5. The Kier molecular flexibility index (Phi) is 10.2. The predicted molar refractivity (Wildman–Crippen MR) is 188 cm³/mol. The molecule has 258 valence electrons. The predicted octanol–water partition coefficient (Wildman–Crippen LogP) is 5.61. The molecule has 2 bridgehead atoms. The molecule has 3 aliphatic rings. The van der Waals surface area contributed by atoms with Crippen LogP contribution in [0.4, 0.5) is 11.4 Å². The van der Waals surface area contributed by atoms with Crippen LogP contribution in [0.2, 0.25) is 0 Å². The van der Waals surface area contributed by atoms with Crippen LogP contribution in [-0.2, 0) is 19.1 Å². The largest absolute Gasteiger partial charge is 0.494 e. The van der Waals surface area contributed by atoms with E-state index in [4.69, 9.17) is 9.47 Å². The minimum atomic E-state index is -1.25. The SMILES string of the molecule is C=CCN(C(=O)[C@H]1[C@H]2C(=O)N([C@@H](CO)[C@@H](C)CC)C(C(=O)N(CC=C)c3c(C)cccc3C)C23CC[C@]1(C)O3)c1ccc(OCC)cc1. The maximum atomic E-state index is 15.2. The quantitative estimate of drug-likeness (QED) is 0.265. The zero-order chi connectivity index (χ0) is 35.0. The highest BCUT2D eigenvalue weighted by molar-refractivity contribution is 6.07. The lowest BCUT2D eigenvalue weighted by atomic mass is 9.66. The molecular weight excluding hydrogens is 606 g/mol. The summed E-state index contributed by atoms with van der Waals surface area (Å²) in [6.45, 7) is 20.2. The van der Waals surface area contributed by atoms with Crippen molar-refractivity contribution in [2.24, 2.45) is 17.8 Å². The summed E-state index contributed by atoms with van der Waals surface area (Å²) >= 11 is 0. The maximum Gasteiger partial charge on any atom is 0.253 e. The molecule has 0 aliphatic carbocycles. The number of fused-ring (bicyclic) bond motifs is 1. The Morgan fingerprint density at radius 2 is 1.67 bits per heavy atom. The lowest BCUT2D eigenvalue weighted by Crippen LogP contribution is -2.60. The van der Waals surface area contributed by atoms with E-state index in [9.17, 15) is 14.7 Å². The van der Waals surface area contributed by atoms with Gasteiger partial charge in [0.1, 0.15) is 17.4 Å². The average molecular weight is 658 g/mol. The van der Waals surface area contributed by atoms with Gasteiger partial charge in [0.25, 0.3) is 5.91 Å². The molecule has 0 radical (unpaired) electrons. The minimum Gasteiger partial charge on any atom is -0.494 e. The van der Waals surface area contributed by atoms with Gasteiger partial charge in [-0.2, -0.15) is 0 Å². The summed E-state index contributed by atoms with van der Waals surface area (Å²) in [5, 5.41) is 10.8. The van der Waals surface area contributed by atoms with Gasteiger partial charge < -0.3 is 29.3 Å². The summed E-state index contributed by atoms with van der Waals surface area (Å²) < 4.78 is 12.6. The summed E-state index contributed by atoms with van der Waals surface area (Å²) in [6.07, 6.45) is 4.98. The summed E-state index contributed by atoms with van der Waals surface area (Å²) in [7, 11) is 0. The van der Waals surface area contributed by atoms with Crippen LogP contribution >= 0.6 is 0 Å². The van der Waals surface area contributed by atoms with Crippen LogP contribution in [-0.4, -0.2) is 77.3 Å². The number of para-hydroxylation sites is 1. The number of hydrogen-bond acceptors (Lipinski definition) is 6. The monoisotopic (exact) mass is 657 g/mol. The van der Waals surface area contributed by atoms with Gasteiger partial charge in [-0.05, 0) is 81.8 Å². The van der Waals surface area contributed by atoms with Crippen molar-refractivity contribution in [2.75, 3.05) is 36.1 Å². The number of carbonyl (C=O) groups is 3. The number of benzene rings is 2. The molecule has 3 aliphatic heterocycles. The van der Waals surface area contributed by atoms with E-state index in [1.165, 1.54) is 0 Å². The Balaban J connectivity index is 1.65. The third kappa shape index (κ3) is 5.64. The number of aliphatic hydroxyl groups is 1. The molecule has 2 aromatic carbocycles. The van der Waals surface area contributed by atoms with Gasteiger partial charge in [-0.1, -0.05) is 50.6 Å². The number of aliphatic hydroxyl groups excluding tert-OH is 1. The number of likely N-dealkylation sites (tertiary alicyclic amines) is 1. The zero-order valence-corrected chi connectivity index (χ0v) is 29.3. The maximum absolute atomic E-state index is 15.2. The number of aryl methyl sites for hydroxylation is 2. The number of ether oxygens (including phenoxy) is 2. The Morgan fingerprint density at radius 3 is 2.23 bits per heavy atom. The average Bonchev–Trinajstić information content (AvgIpc) is 3.64.